The molecule has 21 heavy (non-hydrogen) atoms. The van der Waals surface area contributed by atoms with Gasteiger partial charge in [-0.3, -0.25) is 4.79 Å². The number of carbonyl (C=O) groups is 1. The van der Waals surface area contributed by atoms with Crippen LogP contribution >= 0.6 is 0 Å². The third-order valence-corrected chi connectivity index (χ3v) is 3.52. The van der Waals surface area contributed by atoms with Crippen molar-refractivity contribution in [1.82, 2.24) is 19.7 Å². The predicted molar refractivity (Wildman–Crippen MR) is 67.9 cm³/mol. The molecule has 0 aliphatic carbocycles. The van der Waals surface area contributed by atoms with Gasteiger partial charge in [0.05, 0.1) is 12.6 Å². The summed E-state index contributed by atoms with van der Waals surface area (Å²) in [5.41, 5.74) is 5.49. The van der Waals surface area contributed by atoms with E-state index in [2.05, 4.69) is 10.2 Å². The summed E-state index contributed by atoms with van der Waals surface area (Å²) in [6.07, 6.45) is -4.54. The molecule has 0 saturated heterocycles. The second-order valence-electron chi connectivity index (χ2n) is 6.19. The highest BCUT2D eigenvalue weighted by atomic mass is 19.4. The number of alkyl halides is 3. The molecule has 0 saturated carbocycles. The number of carbonyl (C=O) groups excluding carboxylic acids is 1. The number of hydrogen-bond donors (Lipinski definition) is 1. The molecule has 1 aromatic heterocycles. The van der Waals surface area contributed by atoms with Crippen LogP contribution in [0.4, 0.5) is 13.2 Å². The highest BCUT2D eigenvalue weighted by Gasteiger charge is 2.40. The quantitative estimate of drug-likeness (QED) is 0.840. The molecule has 6 nitrogen and oxygen atoms in total. The Morgan fingerprint density at radius 2 is 1.86 bits per heavy atom. The molecule has 118 valence electrons. The fraction of sp³-hybridized carbons (Fsp3) is 0.750. The van der Waals surface area contributed by atoms with Gasteiger partial charge in [0.15, 0.2) is 5.82 Å². The lowest BCUT2D eigenvalue weighted by Crippen LogP contribution is -2.52. The van der Waals surface area contributed by atoms with Crippen LogP contribution in [0.5, 0.6) is 0 Å². The van der Waals surface area contributed by atoms with E-state index in [1.807, 2.05) is 20.8 Å². The zero-order valence-electron chi connectivity index (χ0n) is 12.1. The molecule has 1 atom stereocenters. The average molecular weight is 305 g/mol. The van der Waals surface area contributed by atoms with Gasteiger partial charge in [-0.05, 0) is 5.41 Å². The van der Waals surface area contributed by atoms with Gasteiger partial charge in [-0.1, -0.05) is 20.8 Å². The monoisotopic (exact) mass is 305 g/mol. The van der Waals surface area contributed by atoms with Gasteiger partial charge in [-0.25, -0.2) is 0 Å². The smallest absolute Gasteiger partial charge is 0.332 e. The Balaban J connectivity index is 2.18. The largest absolute Gasteiger partial charge is 0.451 e. The molecule has 0 aromatic carbocycles. The van der Waals surface area contributed by atoms with Crippen molar-refractivity contribution in [3.63, 3.8) is 0 Å². The molecule has 9 heteroatoms. The third-order valence-electron chi connectivity index (χ3n) is 3.52. The van der Waals surface area contributed by atoms with E-state index in [9.17, 15) is 18.0 Å². The lowest BCUT2D eigenvalue weighted by atomic mass is 9.86. The number of nitrogens with two attached hydrogens (primary N) is 1. The number of halogens is 3. The molecule has 0 bridgehead atoms. The fourth-order valence-electron chi connectivity index (χ4n) is 2.12. The van der Waals surface area contributed by atoms with Crippen LogP contribution in [0.1, 0.15) is 32.4 Å². The fourth-order valence-corrected chi connectivity index (χ4v) is 2.12. The number of amides is 1. The Labute approximate surface area is 120 Å². The molecule has 1 aliphatic heterocycles. The van der Waals surface area contributed by atoms with Crippen molar-refractivity contribution in [2.75, 3.05) is 6.54 Å². The summed E-state index contributed by atoms with van der Waals surface area (Å²) in [7, 11) is 0. The van der Waals surface area contributed by atoms with Crippen molar-refractivity contribution in [2.24, 2.45) is 11.1 Å². The highest BCUT2D eigenvalue weighted by molar-refractivity contribution is 5.82. The van der Waals surface area contributed by atoms with Crippen LogP contribution in [-0.2, 0) is 24.1 Å². The lowest BCUT2D eigenvalue weighted by Gasteiger charge is -2.34. The van der Waals surface area contributed by atoms with Gasteiger partial charge in [-0.2, -0.15) is 13.2 Å². The molecule has 1 aliphatic rings. The van der Waals surface area contributed by atoms with E-state index in [-0.39, 0.29) is 31.4 Å². The van der Waals surface area contributed by atoms with E-state index < -0.39 is 23.5 Å². The van der Waals surface area contributed by atoms with Crippen LogP contribution in [0.25, 0.3) is 0 Å². The van der Waals surface area contributed by atoms with Crippen LogP contribution in [0, 0.1) is 5.41 Å². The van der Waals surface area contributed by atoms with E-state index in [1.165, 1.54) is 4.90 Å². The second kappa shape index (κ2) is 4.97. The first-order valence-corrected chi connectivity index (χ1v) is 6.55. The van der Waals surface area contributed by atoms with E-state index >= 15 is 0 Å². The normalized spacial score (nSPS) is 17.6. The van der Waals surface area contributed by atoms with Crippen LogP contribution in [0.3, 0.4) is 0 Å². The Morgan fingerprint density at radius 3 is 2.38 bits per heavy atom. The van der Waals surface area contributed by atoms with E-state index in [4.69, 9.17) is 5.73 Å². The number of fused-ring (bicyclic) bond motifs is 1. The minimum absolute atomic E-state index is 0.00824. The van der Waals surface area contributed by atoms with Crippen LogP contribution in [-0.4, -0.2) is 38.2 Å². The van der Waals surface area contributed by atoms with Gasteiger partial charge >= 0.3 is 6.18 Å². The average Bonchev–Trinajstić information content (AvgIpc) is 2.78. The molecule has 2 heterocycles. The minimum Gasteiger partial charge on any atom is -0.332 e. The van der Waals surface area contributed by atoms with Crippen LogP contribution < -0.4 is 5.73 Å². The lowest BCUT2D eigenvalue weighted by molar-refractivity contribution is -0.148. The standard InChI is InChI=1S/C12H18F3N5O/c1-11(2,3)8(16)9(21)19-4-5-20-7(6-19)17-18-10(20)12(13,14)15/h8H,4-6,16H2,1-3H3/t8-/m1/s1. The zero-order valence-corrected chi connectivity index (χ0v) is 12.1. The number of aromatic nitrogens is 3. The molecule has 2 rings (SSSR count). The van der Waals surface area contributed by atoms with Crippen LogP contribution in [0.15, 0.2) is 0 Å². The summed E-state index contributed by atoms with van der Waals surface area (Å²) in [5, 5.41) is 6.71. The Kier molecular flexibility index (Phi) is 3.73. The maximum absolute atomic E-state index is 12.7. The third kappa shape index (κ3) is 3.02. The Morgan fingerprint density at radius 1 is 1.24 bits per heavy atom. The van der Waals surface area contributed by atoms with Gasteiger partial charge < -0.3 is 15.2 Å². The summed E-state index contributed by atoms with van der Waals surface area (Å²) in [6.45, 7) is 5.68. The number of rotatable bonds is 1. The SMILES string of the molecule is CC(C)(C)[C@H](N)C(=O)N1CCn2c(nnc2C(F)(F)F)C1. The molecule has 0 spiro atoms. The van der Waals surface area contributed by atoms with Crippen molar-refractivity contribution < 1.29 is 18.0 Å². The summed E-state index contributed by atoms with van der Waals surface area (Å²) >= 11 is 0. The van der Waals surface area contributed by atoms with Crippen molar-refractivity contribution in [3.8, 4) is 0 Å². The Hall–Kier alpha value is -1.64. The van der Waals surface area contributed by atoms with Gasteiger partial charge in [0.1, 0.15) is 0 Å². The minimum atomic E-state index is -4.54. The van der Waals surface area contributed by atoms with Crippen LogP contribution in [0.2, 0.25) is 0 Å². The molecular weight excluding hydrogens is 287 g/mol. The summed E-state index contributed by atoms with van der Waals surface area (Å²) in [6, 6.07) is -0.714. The van der Waals surface area contributed by atoms with Gasteiger partial charge in [0, 0.05) is 13.1 Å². The van der Waals surface area contributed by atoms with E-state index in [0.29, 0.717) is 0 Å². The maximum atomic E-state index is 12.7. The zero-order chi connectivity index (χ0) is 16.0. The molecular formula is C12H18F3N5O. The number of nitrogens with zero attached hydrogens (tertiary/aromatic N) is 4. The topological polar surface area (TPSA) is 77.0 Å². The number of hydrogen-bond acceptors (Lipinski definition) is 4. The van der Waals surface area contributed by atoms with E-state index in [0.717, 1.165) is 4.57 Å². The first-order chi connectivity index (χ1) is 9.51. The predicted octanol–water partition coefficient (Wildman–Crippen LogP) is 1.01. The molecule has 1 aromatic rings. The van der Waals surface area contributed by atoms with Crippen molar-refractivity contribution in [2.45, 2.75) is 46.1 Å². The van der Waals surface area contributed by atoms with Gasteiger partial charge in [0.2, 0.25) is 11.7 Å². The Bertz CT molecular complexity index is 546. The summed E-state index contributed by atoms with van der Waals surface area (Å²) < 4.78 is 39.2. The second-order valence-corrected chi connectivity index (χ2v) is 6.19. The maximum Gasteiger partial charge on any atom is 0.451 e. The first kappa shape index (κ1) is 15.7. The molecule has 0 unspecified atom stereocenters. The van der Waals surface area contributed by atoms with Gasteiger partial charge in [0.25, 0.3) is 0 Å². The summed E-state index contributed by atoms with van der Waals surface area (Å²) in [4.78, 5) is 13.7. The van der Waals surface area contributed by atoms with E-state index in [1.54, 1.807) is 0 Å². The van der Waals surface area contributed by atoms with Crippen molar-refractivity contribution in [3.05, 3.63) is 11.6 Å². The molecule has 0 radical (unpaired) electrons. The first-order valence-electron chi connectivity index (χ1n) is 6.55. The molecule has 0 fully saturated rings. The van der Waals surface area contributed by atoms with Crippen molar-refractivity contribution in [1.29, 1.82) is 0 Å². The molecule has 1 amide bonds. The van der Waals surface area contributed by atoms with Crippen molar-refractivity contribution >= 4 is 5.91 Å². The van der Waals surface area contributed by atoms with Gasteiger partial charge in [-0.15, -0.1) is 10.2 Å². The molecule has 2 N–H and O–H groups in total. The summed E-state index contributed by atoms with van der Waals surface area (Å²) in [5.74, 6) is -1.18. The highest BCUT2D eigenvalue weighted by Crippen LogP contribution is 2.29.